The van der Waals surface area contributed by atoms with Crippen LogP contribution in [0.25, 0.3) is 0 Å². The van der Waals surface area contributed by atoms with Crippen LogP contribution in [-0.4, -0.2) is 20.3 Å². The van der Waals surface area contributed by atoms with Crippen LogP contribution in [0.15, 0.2) is 42.0 Å². The van der Waals surface area contributed by atoms with E-state index in [1.165, 1.54) is 10.6 Å². The summed E-state index contributed by atoms with van der Waals surface area (Å²) in [7, 11) is 1.97. The van der Waals surface area contributed by atoms with E-state index in [1.54, 1.807) is 11.3 Å². The number of aryl methyl sites for hydroxylation is 1. The number of nitrogens with zero attached hydrogens (tertiary/aromatic N) is 3. The number of nitrogens with one attached hydrogen (secondary N) is 1. The van der Waals surface area contributed by atoms with Crippen molar-refractivity contribution >= 4 is 17.2 Å². The molecule has 1 atom stereocenters. The third-order valence-corrected chi connectivity index (χ3v) is 5.51. The summed E-state index contributed by atoms with van der Waals surface area (Å²) < 4.78 is 3.93. The lowest BCUT2D eigenvalue weighted by atomic mass is 9.93. The van der Waals surface area contributed by atoms with Gasteiger partial charge in [-0.3, -0.25) is 9.48 Å². The van der Waals surface area contributed by atoms with Crippen molar-refractivity contribution in [2.45, 2.75) is 31.8 Å². The van der Waals surface area contributed by atoms with Crippen LogP contribution >= 0.6 is 11.3 Å². The molecule has 4 rings (SSSR count). The van der Waals surface area contributed by atoms with E-state index in [0.717, 1.165) is 31.4 Å². The van der Waals surface area contributed by atoms with Gasteiger partial charge in [-0.05, 0) is 42.8 Å². The SMILES string of the molecule is Cn1ncc2c1CCCC2NC(=O)c1cccn1Cc1cccs1. The van der Waals surface area contributed by atoms with Crippen molar-refractivity contribution in [1.29, 1.82) is 0 Å². The summed E-state index contributed by atoms with van der Waals surface area (Å²) in [4.78, 5) is 14.0. The van der Waals surface area contributed by atoms with Gasteiger partial charge in [0.2, 0.25) is 0 Å². The van der Waals surface area contributed by atoms with E-state index in [0.29, 0.717) is 5.69 Å². The number of hydrogen-bond acceptors (Lipinski definition) is 3. The lowest BCUT2D eigenvalue weighted by molar-refractivity contribution is 0.0923. The number of thiophene rings is 1. The number of hydrogen-bond donors (Lipinski definition) is 1. The van der Waals surface area contributed by atoms with Gasteiger partial charge in [-0.15, -0.1) is 11.3 Å². The monoisotopic (exact) mass is 340 g/mol. The average molecular weight is 340 g/mol. The number of carbonyl (C=O) groups excluding carboxylic acids is 1. The summed E-state index contributed by atoms with van der Waals surface area (Å²) in [5.74, 6) is -0.0155. The second-order valence-electron chi connectivity index (χ2n) is 6.19. The Morgan fingerprint density at radius 2 is 2.33 bits per heavy atom. The number of carbonyl (C=O) groups is 1. The Morgan fingerprint density at radius 1 is 1.42 bits per heavy atom. The van der Waals surface area contributed by atoms with Crippen molar-refractivity contribution in [2.24, 2.45) is 7.05 Å². The van der Waals surface area contributed by atoms with Crippen LogP contribution < -0.4 is 5.32 Å². The molecule has 3 aromatic rings. The van der Waals surface area contributed by atoms with Gasteiger partial charge < -0.3 is 9.88 Å². The molecule has 0 aliphatic heterocycles. The highest BCUT2D eigenvalue weighted by atomic mass is 32.1. The fourth-order valence-corrected chi connectivity index (χ4v) is 4.12. The molecular weight excluding hydrogens is 320 g/mol. The Hall–Kier alpha value is -2.34. The van der Waals surface area contributed by atoms with Gasteiger partial charge >= 0.3 is 0 Å². The van der Waals surface area contributed by atoms with Crippen molar-refractivity contribution in [2.75, 3.05) is 0 Å². The maximum Gasteiger partial charge on any atom is 0.268 e. The number of fused-ring (bicyclic) bond motifs is 1. The molecule has 1 unspecified atom stereocenters. The lowest BCUT2D eigenvalue weighted by Gasteiger charge is -2.24. The summed E-state index contributed by atoms with van der Waals surface area (Å²) in [6.07, 6.45) is 6.94. The van der Waals surface area contributed by atoms with Gasteiger partial charge in [0.15, 0.2) is 0 Å². The predicted octanol–water partition coefficient (Wildman–Crippen LogP) is 3.14. The van der Waals surface area contributed by atoms with E-state index in [9.17, 15) is 4.79 Å². The molecule has 3 heterocycles. The van der Waals surface area contributed by atoms with Gasteiger partial charge in [-0.2, -0.15) is 5.10 Å². The first-order chi connectivity index (χ1) is 11.7. The van der Waals surface area contributed by atoms with Crippen molar-refractivity contribution in [3.63, 3.8) is 0 Å². The minimum absolute atomic E-state index is 0.0155. The average Bonchev–Trinajstić information content (AvgIpc) is 3.31. The molecule has 1 aliphatic rings. The van der Waals surface area contributed by atoms with Gasteiger partial charge in [0.25, 0.3) is 5.91 Å². The van der Waals surface area contributed by atoms with Gasteiger partial charge in [0.05, 0.1) is 18.8 Å². The Labute approximate surface area is 144 Å². The molecule has 0 radical (unpaired) electrons. The van der Waals surface area contributed by atoms with E-state index in [1.807, 2.05) is 46.9 Å². The quantitative estimate of drug-likeness (QED) is 0.793. The molecule has 0 bridgehead atoms. The van der Waals surface area contributed by atoms with Crippen LogP contribution in [0.3, 0.4) is 0 Å². The molecule has 3 aromatic heterocycles. The first-order valence-corrected chi connectivity index (χ1v) is 9.09. The Morgan fingerprint density at radius 3 is 3.17 bits per heavy atom. The van der Waals surface area contributed by atoms with Gasteiger partial charge in [-0.1, -0.05) is 6.07 Å². The highest BCUT2D eigenvalue weighted by Crippen LogP contribution is 2.29. The zero-order chi connectivity index (χ0) is 16.5. The zero-order valence-electron chi connectivity index (χ0n) is 13.6. The normalized spacial score (nSPS) is 16.8. The second kappa shape index (κ2) is 6.28. The Balaban J connectivity index is 1.53. The summed E-state index contributed by atoms with van der Waals surface area (Å²) in [5, 5.41) is 9.61. The number of amides is 1. The second-order valence-corrected chi connectivity index (χ2v) is 7.22. The smallest absolute Gasteiger partial charge is 0.268 e. The maximum absolute atomic E-state index is 12.8. The molecule has 124 valence electrons. The molecule has 0 aromatic carbocycles. The first kappa shape index (κ1) is 15.2. The van der Waals surface area contributed by atoms with Gasteiger partial charge in [0.1, 0.15) is 5.69 Å². The lowest BCUT2D eigenvalue weighted by Crippen LogP contribution is -2.32. The molecule has 24 heavy (non-hydrogen) atoms. The summed E-state index contributed by atoms with van der Waals surface area (Å²) >= 11 is 1.71. The molecule has 1 amide bonds. The van der Waals surface area contributed by atoms with Crippen molar-refractivity contribution in [3.8, 4) is 0 Å². The molecule has 0 saturated carbocycles. The molecule has 0 spiro atoms. The van der Waals surface area contributed by atoms with Crippen molar-refractivity contribution < 1.29 is 4.79 Å². The fraction of sp³-hybridized carbons (Fsp3) is 0.333. The van der Waals surface area contributed by atoms with E-state index in [-0.39, 0.29) is 11.9 Å². The molecule has 0 saturated heterocycles. The number of rotatable bonds is 4. The Kier molecular flexibility index (Phi) is 3.98. The van der Waals surface area contributed by atoms with Crippen molar-refractivity contribution in [1.82, 2.24) is 19.7 Å². The van der Waals surface area contributed by atoms with Crippen molar-refractivity contribution in [3.05, 3.63) is 63.9 Å². The molecule has 0 fully saturated rings. The molecular formula is C18H20N4OS. The van der Waals surface area contributed by atoms with Gasteiger partial charge in [-0.25, -0.2) is 0 Å². The predicted molar refractivity (Wildman–Crippen MR) is 94.2 cm³/mol. The zero-order valence-corrected chi connectivity index (χ0v) is 14.4. The minimum atomic E-state index is -0.0155. The fourth-order valence-electron chi connectivity index (χ4n) is 3.42. The third-order valence-electron chi connectivity index (χ3n) is 4.65. The summed E-state index contributed by atoms with van der Waals surface area (Å²) in [6, 6.07) is 8.00. The van der Waals surface area contributed by atoms with Crippen LogP contribution in [0.1, 0.15) is 45.5 Å². The molecule has 6 heteroatoms. The topological polar surface area (TPSA) is 51.9 Å². The van der Waals surface area contributed by atoms with Crippen LogP contribution in [0, 0.1) is 0 Å². The number of aromatic nitrogens is 3. The third kappa shape index (κ3) is 2.78. The first-order valence-electron chi connectivity index (χ1n) is 8.21. The molecule has 1 N–H and O–H groups in total. The maximum atomic E-state index is 12.8. The standard InChI is InChI=1S/C18H20N4OS/c1-21-16-7-2-6-15(14(16)11-19-21)20-18(23)17-8-3-9-22(17)12-13-5-4-10-24-13/h3-5,8-11,15H,2,6-7,12H2,1H3,(H,20,23). The van der Waals surface area contributed by atoms with E-state index < -0.39 is 0 Å². The van der Waals surface area contributed by atoms with Crippen LogP contribution in [-0.2, 0) is 20.0 Å². The summed E-state index contributed by atoms with van der Waals surface area (Å²) in [5.41, 5.74) is 3.10. The largest absolute Gasteiger partial charge is 0.344 e. The highest BCUT2D eigenvalue weighted by Gasteiger charge is 2.25. The van der Waals surface area contributed by atoms with Crippen LogP contribution in [0.5, 0.6) is 0 Å². The van der Waals surface area contributed by atoms with Crippen LogP contribution in [0.4, 0.5) is 0 Å². The molecule has 5 nitrogen and oxygen atoms in total. The van der Waals surface area contributed by atoms with Crippen LogP contribution in [0.2, 0.25) is 0 Å². The highest BCUT2D eigenvalue weighted by molar-refractivity contribution is 7.09. The van der Waals surface area contributed by atoms with E-state index >= 15 is 0 Å². The molecule has 1 aliphatic carbocycles. The van der Waals surface area contributed by atoms with Gasteiger partial charge in [0, 0.05) is 29.4 Å². The van der Waals surface area contributed by atoms with E-state index in [4.69, 9.17) is 0 Å². The summed E-state index contributed by atoms with van der Waals surface area (Å²) in [6.45, 7) is 0.732. The van der Waals surface area contributed by atoms with E-state index in [2.05, 4.69) is 21.9 Å². The minimum Gasteiger partial charge on any atom is -0.344 e. The Bertz CT molecular complexity index is 846.